The lowest BCUT2D eigenvalue weighted by Crippen LogP contribution is -2.45. The van der Waals surface area contributed by atoms with Crippen molar-refractivity contribution in [3.05, 3.63) is 29.3 Å². The molecule has 0 aromatic heterocycles. The number of benzene rings is 1. The fourth-order valence-corrected chi connectivity index (χ4v) is 5.24. The molecule has 1 amide bonds. The second-order valence-corrected chi connectivity index (χ2v) is 9.40. The van der Waals surface area contributed by atoms with Crippen molar-refractivity contribution in [3.63, 3.8) is 0 Å². The predicted molar refractivity (Wildman–Crippen MR) is 101 cm³/mol. The van der Waals surface area contributed by atoms with Crippen LogP contribution in [0.15, 0.2) is 23.1 Å². The van der Waals surface area contributed by atoms with E-state index in [0.717, 1.165) is 30.5 Å². The average Bonchev–Trinajstić information content (AvgIpc) is 3.15. The summed E-state index contributed by atoms with van der Waals surface area (Å²) in [5.74, 6) is -0.0375. The quantitative estimate of drug-likeness (QED) is 0.814. The Morgan fingerprint density at radius 1 is 1.19 bits per heavy atom. The molecule has 2 heterocycles. The van der Waals surface area contributed by atoms with Crippen molar-refractivity contribution < 1.29 is 13.2 Å². The highest BCUT2D eigenvalue weighted by Gasteiger charge is 2.32. The van der Waals surface area contributed by atoms with Gasteiger partial charge < -0.3 is 10.6 Å². The zero-order valence-electron chi connectivity index (χ0n) is 15.6. The van der Waals surface area contributed by atoms with Gasteiger partial charge in [-0.1, -0.05) is 6.07 Å². The minimum atomic E-state index is -3.48. The number of carbonyl (C=O) groups excluding carboxylic acids is 1. The van der Waals surface area contributed by atoms with Gasteiger partial charge in [-0.3, -0.25) is 4.79 Å². The van der Waals surface area contributed by atoms with Crippen LogP contribution in [0, 0.1) is 19.8 Å². The molecule has 3 rings (SSSR count). The van der Waals surface area contributed by atoms with Gasteiger partial charge in [-0.25, -0.2) is 8.42 Å². The minimum absolute atomic E-state index is 0.0573. The summed E-state index contributed by atoms with van der Waals surface area (Å²) < 4.78 is 27.2. The van der Waals surface area contributed by atoms with Gasteiger partial charge in [0, 0.05) is 31.6 Å². The number of aryl methyl sites for hydroxylation is 2. The lowest BCUT2D eigenvalue weighted by atomic mass is 9.97. The highest BCUT2D eigenvalue weighted by Crippen LogP contribution is 2.25. The third-order valence-electron chi connectivity index (χ3n) is 5.63. The number of sulfonamides is 1. The predicted octanol–water partition coefficient (Wildman–Crippen LogP) is 1.57. The van der Waals surface area contributed by atoms with Gasteiger partial charge in [0.15, 0.2) is 0 Å². The third kappa shape index (κ3) is 4.27. The molecule has 7 heteroatoms. The second-order valence-electron chi connectivity index (χ2n) is 7.46. The monoisotopic (exact) mass is 379 g/mol. The maximum atomic E-state index is 12.8. The number of nitrogens with one attached hydrogen (secondary N) is 2. The summed E-state index contributed by atoms with van der Waals surface area (Å²) in [6.45, 7) is 6.38. The van der Waals surface area contributed by atoms with Crippen LogP contribution in [0.1, 0.15) is 36.8 Å². The summed E-state index contributed by atoms with van der Waals surface area (Å²) in [4.78, 5) is 12.7. The number of rotatable bonds is 5. The molecule has 0 spiro atoms. The molecule has 0 bridgehead atoms. The topological polar surface area (TPSA) is 78.5 Å². The number of carbonyl (C=O) groups is 1. The average molecular weight is 380 g/mol. The molecule has 26 heavy (non-hydrogen) atoms. The van der Waals surface area contributed by atoms with E-state index in [1.54, 1.807) is 12.1 Å². The Labute approximate surface area is 156 Å². The first-order valence-corrected chi connectivity index (χ1v) is 10.9. The standard InChI is InChI=1S/C19H29N3O3S/c1-14-5-6-18(12-15(14)2)26(24,25)22-10-7-16(8-11-22)19(23)21-13-17-4-3-9-20-17/h5-6,12,16-17,20H,3-4,7-11,13H2,1-2H3,(H,21,23). The van der Waals surface area contributed by atoms with Crippen LogP contribution < -0.4 is 10.6 Å². The van der Waals surface area contributed by atoms with Crippen LogP contribution in [-0.4, -0.2) is 50.9 Å². The molecule has 2 fully saturated rings. The van der Waals surface area contributed by atoms with Gasteiger partial charge in [-0.15, -0.1) is 0 Å². The number of hydrogen-bond acceptors (Lipinski definition) is 4. The molecule has 0 saturated carbocycles. The fraction of sp³-hybridized carbons (Fsp3) is 0.632. The second kappa shape index (κ2) is 8.06. The zero-order chi connectivity index (χ0) is 18.7. The number of amides is 1. The highest BCUT2D eigenvalue weighted by molar-refractivity contribution is 7.89. The van der Waals surface area contributed by atoms with Gasteiger partial charge in [-0.2, -0.15) is 4.31 Å². The molecule has 2 aliphatic rings. The summed E-state index contributed by atoms with van der Waals surface area (Å²) >= 11 is 0. The van der Waals surface area contributed by atoms with E-state index in [0.29, 0.717) is 43.4 Å². The van der Waals surface area contributed by atoms with Crippen molar-refractivity contribution in [2.45, 2.75) is 50.5 Å². The van der Waals surface area contributed by atoms with Gasteiger partial charge >= 0.3 is 0 Å². The molecule has 1 aromatic carbocycles. The van der Waals surface area contributed by atoms with Crippen LogP contribution in [0.2, 0.25) is 0 Å². The summed E-state index contributed by atoms with van der Waals surface area (Å²) in [6, 6.07) is 5.63. The number of piperidine rings is 1. The van der Waals surface area contributed by atoms with Crippen LogP contribution in [0.4, 0.5) is 0 Å². The first kappa shape index (κ1) is 19.3. The molecule has 2 saturated heterocycles. The highest BCUT2D eigenvalue weighted by atomic mass is 32.2. The van der Waals surface area contributed by atoms with E-state index in [1.165, 1.54) is 4.31 Å². The fourth-order valence-electron chi connectivity index (χ4n) is 3.68. The lowest BCUT2D eigenvalue weighted by molar-refractivity contribution is -0.126. The molecule has 2 aliphatic heterocycles. The molecule has 144 valence electrons. The lowest BCUT2D eigenvalue weighted by Gasteiger charge is -2.31. The molecule has 1 aromatic rings. The van der Waals surface area contributed by atoms with Gasteiger partial charge in [0.25, 0.3) is 0 Å². The van der Waals surface area contributed by atoms with E-state index >= 15 is 0 Å². The molecule has 2 N–H and O–H groups in total. The molecule has 1 atom stereocenters. The van der Waals surface area contributed by atoms with E-state index in [9.17, 15) is 13.2 Å². The Hall–Kier alpha value is -1.44. The van der Waals surface area contributed by atoms with Crippen molar-refractivity contribution in [3.8, 4) is 0 Å². The van der Waals surface area contributed by atoms with E-state index < -0.39 is 10.0 Å². The van der Waals surface area contributed by atoms with Gasteiger partial charge in [0.05, 0.1) is 4.90 Å². The maximum absolute atomic E-state index is 12.8. The van der Waals surface area contributed by atoms with Crippen LogP contribution in [0.25, 0.3) is 0 Å². The molecule has 1 unspecified atom stereocenters. The van der Waals surface area contributed by atoms with E-state index in [4.69, 9.17) is 0 Å². The minimum Gasteiger partial charge on any atom is -0.354 e. The summed E-state index contributed by atoms with van der Waals surface area (Å²) in [5.41, 5.74) is 2.05. The first-order valence-electron chi connectivity index (χ1n) is 9.46. The van der Waals surface area contributed by atoms with Crippen molar-refractivity contribution >= 4 is 15.9 Å². The Balaban J connectivity index is 1.55. The van der Waals surface area contributed by atoms with Gasteiger partial charge in [0.1, 0.15) is 0 Å². The van der Waals surface area contributed by atoms with Crippen molar-refractivity contribution in [2.75, 3.05) is 26.2 Å². The Kier molecular flexibility index (Phi) is 5.99. The largest absolute Gasteiger partial charge is 0.354 e. The van der Waals surface area contributed by atoms with E-state index in [2.05, 4.69) is 10.6 Å². The summed E-state index contributed by atoms with van der Waals surface area (Å²) in [6.07, 6.45) is 3.42. The van der Waals surface area contributed by atoms with Crippen molar-refractivity contribution in [1.29, 1.82) is 0 Å². The smallest absolute Gasteiger partial charge is 0.243 e. The number of hydrogen-bond donors (Lipinski definition) is 2. The van der Waals surface area contributed by atoms with Crippen LogP contribution in [-0.2, 0) is 14.8 Å². The first-order chi connectivity index (χ1) is 12.4. The molecule has 6 nitrogen and oxygen atoms in total. The molecule has 0 radical (unpaired) electrons. The summed E-state index contributed by atoms with van der Waals surface area (Å²) in [7, 11) is -3.48. The Bertz CT molecular complexity index is 749. The van der Waals surface area contributed by atoms with Crippen LogP contribution >= 0.6 is 0 Å². The summed E-state index contributed by atoms with van der Waals surface area (Å²) in [5, 5.41) is 6.39. The Morgan fingerprint density at radius 3 is 2.54 bits per heavy atom. The zero-order valence-corrected chi connectivity index (χ0v) is 16.4. The Morgan fingerprint density at radius 2 is 1.92 bits per heavy atom. The number of nitrogens with zero attached hydrogens (tertiary/aromatic N) is 1. The third-order valence-corrected chi connectivity index (χ3v) is 7.52. The maximum Gasteiger partial charge on any atom is 0.243 e. The van der Waals surface area contributed by atoms with Crippen molar-refractivity contribution in [1.82, 2.24) is 14.9 Å². The van der Waals surface area contributed by atoms with Crippen LogP contribution in [0.5, 0.6) is 0 Å². The molecule has 0 aliphatic carbocycles. The molecular formula is C19H29N3O3S. The van der Waals surface area contributed by atoms with Gasteiger partial charge in [-0.05, 0) is 69.3 Å². The normalized spacial score (nSPS) is 22.5. The van der Waals surface area contributed by atoms with E-state index in [1.807, 2.05) is 19.9 Å². The molecular weight excluding hydrogens is 350 g/mol. The van der Waals surface area contributed by atoms with Crippen molar-refractivity contribution in [2.24, 2.45) is 5.92 Å². The van der Waals surface area contributed by atoms with Crippen LogP contribution in [0.3, 0.4) is 0 Å². The van der Waals surface area contributed by atoms with E-state index in [-0.39, 0.29) is 11.8 Å². The van der Waals surface area contributed by atoms with Gasteiger partial charge in [0.2, 0.25) is 15.9 Å². The SMILES string of the molecule is Cc1ccc(S(=O)(=O)N2CCC(C(=O)NCC3CCCN3)CC2)cc1C.